The SMILES string of the molecule is CN(C(=O)[C@@H](N)CCCN=C(N)N)[C@H](Cc1ccccc1)C(=O)N1CCC[C@H]1C(=O)NCC(=O)N[C@@H](Cc1ccccc1)C(=O)N[C@@H](CO)C(=O)N1Cc2ccccc2C[C@@H]1C(=O)N1[C@H](C(=O)N[C@@H](CCCN=C(N)N)C(=O)O)C[C@@H]2CCCC[C@@H]21. The fourth-order valence-corrected chi connectivity index (χ4v) is 12.2. The number of aliphatic carboxylic acids is 1. The number of likely N-dealkylation sites (N-methyl/N-ethyl adjacent to an activating group) is 1. The van der Waals surface area contributed by atoms with Crippen molar-refractivity contribution < 1.29 is 53.4 Å². The van der Waals surface area contributed by atoms with Crippen LogP contribution in [0.25, 0.3) is 0 Å². The summed E-state index contributed by atoms with van der Waals surface area (Å²) in [5.74, 6) is -6.83. The van der Waals surface area contributed by atoms with E-state index in [0.717, 1.165) is 30.4 Å². The first-order valence-electron chi connectivity index (χ1n) is 29.5. The number of carboxylic acid groups (broad SMARTS) is 1. The fourth-order valence-electron chi connectivity index (χ4n) is 12.2. The lowest BCUT2D eigenvalue weighted by molar-refractivity contribution is -0.153. The van der Waals surface area contributed by atoms with Gasteiger partial charge in [0.1, 0.15) is 42.3 Å². The Bertz CT molecular complexity index is 2940. The first kappa shape index (κ1) is 64.9. The normalized spacial score (nSPS) is 20.5. The summed E-state index contributed by atoms with van der Waals surface area (Å²) in [4.78, 5) is 141. The van der Waals surface area contributed by atoms with Crippen molar-refractivity contribution in [2.45, 2.75) is 151 Å². The highest BCUT2D eigenvalue weighted by Gasteiger charge is 2.51. The predicted molar refractivity (Wildman–Crippen MR) is 318 cm³/mol. The van der Waals surface area contributed by atoms with Gasteiger partial charge in [0.25, 0.3) is 0 Å². The summed E-state index contributed by atoms with van der Waals surface area (Å²) in [6.45, 7) is -1.03. The highest BCUT2D eigenvalue weighted by Crippen LogP contribution is 2.41. The zero-order chi connectivity index (χ0) is 62.0. The number of fused-ring (bicyclic) bond motifs is 2. The lowest BCUT2D eigenvalue weighted by Crippen LogP contribution is -2.63. The van der Waals surface area contributed by atoms with Gasteiger partial charge in [0, 0.05) is 58.5 Å². The molecule has 86 heavy (non-hydrogen) atoms. The number of nitrogens with one attached hydrogen (secondary N) is 4. The summed E-state index contributed by atoms with van der Waals surface area (Å²) < 4.78 is 0. The Morgan fingerprint density at radius 1 is 0.663 bits per heavy atom. The van der Waals surface area contributed by atoms with Crippen molar-refractivity contribution in [2.75, 3.05) is 39.8 Å². The molecule has 0 bridgehead atoms. The van der Waals surface area contributed by atoms with Gasteiger partial charge in [0.2, 0.25) is 47.3 Å². The van der Waals surface area contributed by atoms with E-state index in [1.165, 1.54) is 26.6 Å². The molecule has 464 valence electrons. The summed E-state index contributed by atoms with van der Waals surface area (Å²) in [5.41, 5.74) is 31.0. The molecule has 1 saturated carbocycles. The number of aliphatic hydroxyl groups is 1. The maximum Gasteiger partial charge on any atom is 0.326 e. The number of likely N-dealkylation sites (tertiary alicyclic amines) is 2. The molecule has 7 rings (SSSR count). The summed E-state index contributed by atoms with van der Waals surface area (Å²) in [6.07, 6.45) is 4.97. The molecule has 8 amide bonds. The quantitative estimate of drug-likeness (QED) is 0.0235. The number of carbonyl (C=O) groups is 9. The Kier molecular flexibility index (Phi) is 23.4. The first-order valence-corrected chi connectivity index (χ1v) is 29.5. The van der Waals surface area contributed by atoms with Gasteiger partial charge in [0.05, 0.1) is 19.2 Å². The van der Waals surface area contributed by atoms with Crippen LogP contribution in [-0.4, -0.2) is 189 Å². The number of hydrogen-bond donors (Lipinski definition) is 11. The van der Waals surface area contributed by atoms with Gasteiger partial charge in [-0.2, -0.15) is 0 Å². The van der Waals surface area contributed by atoms with Gasteiger partial charge in [-0.15, -0.1) is 0 Å². The van der Waals surface area contributed by atoms with Gasteiger partial charge in [-0.25, -0.2) is 4.79 Å². The molecule has 2 saturated heterocycles. The van der Waals surface area contributed by atoms with Gasteiger partial charge in [-0.1, -0.05) is 97.8 Å². The van der Waals surface area contributed by atoms with E-state index in [0.29, 0.717) is 30.4 Å². The number of aliphatic hydroxyl groups excluding tert-OH is 1. The number of rotatable bonds is 27. The van der Waals surface area contributed by atoms with Crippen LogP contribution in [0.15, 0.2) is 94.9 Å². The number of guanidine groups is 2. The van der Waals surface area contributed by atoms with Crippen molar-refractivity contribution in [1.29, 1.82) is 0 Å². The maximum atomic E-state index is 15.3. The van der Waals surface area contributed by atoms with Gasteiger partial charge >= 0.3 is 5.97 Å². The van der Waals surface area contributed by atoms with Gasteiger partial charge < -0.3 is 79.7 Å². The lowest BCUT2D eigenvalue weighted by Gasteiger charge is -2.42. The van der Waals surface area contributed by atoms with Crippen LogP contribution >= 0.6 is 0 Å². The van der Waals surface area contributed by atoms with E-state index in [1.807, 2.05) is 42.5 Å². The Balaban J connectivity index is 1.05. The number of amides is 8. The van der Waals surface area contributed by atoms with E-state index in [-0.39, 0.29) is 101 Å². The number of benzene rings is 3. The van der Waals surface area contributed by atoms with Crippen LogP contribution < -0.4 is 49.9 Å². The molecular formula is C60H83N15O11. The molecule has 26 nitrogen and oxygen atoms in total. The highest BCUT2D eigenvalue weighted by atomic mass is 16.4. The topological polar surface area (TPSA) is 410 Å². The third-order valence-corrected chi connectivity index (χ3v) is 16.7. The molecule has 0 unspecified atom stereocenters. The van der Waals surface area contributed by atoms with Crippen molar-refractivity contribution in [3.8, 4) is 0 Å². The number of nitrogens with zero attached hydrogens (tertiary/aromatic N) is 6. The third kappa shape index (κ3) is 17.0. The second kappa shape index (κ2) is 30.9. The van der Waals surface area contributed by atoms with Crippen LogP contribution in [0.2, 0.25) is 0 Å². The zero-order valence-electron chi connectivity index (χ0n) is 48.6. The molecule has 3 aliphatic heterocycles. The predicted octanol–water partition coefficient (Wildman–Crippen LogP) is -1.52. The Morgan fingerprint density at radius 3 is 1.92 bits per heavy atom. The van der Waals surface area contributed by atoms with E-state index < -0.39 is 115 Å². The smallest absolute Gasteiger partial charge is 0.326 e. The molecule has 3 heterocycles. The largest absolute Gasteiger partial charge is 0.480 e. The maximum absolute atomic E-state index is 15.3. The number of carbonyl (C=O) groups excluding carboxylic acids is 8. The first-order chi connectivity index (χ1) is 41.3. The molecule has 3 fully saturated rings. The van der Waals surface area contributed by atoms with E-state index in [9.17, 15) is 48.6 Å². The average molecular weight is 1190 g/mol. The molecule has 16 N–H and O–H groups in total. The number of hydrogen-bond acceptors (Lipinski definition) is 13. The van der Waals surface area contributed by atoms with Crippen molar-refractivity contribution in [3.05, 3.63) is 107 Å². The number of carboxylic acids is 1. The highest BCUT2D eigenvalue weighted by molar-refractivity contribution is 5.98. The molecular weight excluding hydrogens is 1110 g/mol. The van der Waals surface area contributed by atoms with E-state index >= 15 is 4.79 Å². The van der Waals surface area contributed by atoms with Crippen molar-refractivity contribution in [2.24, 2.45) is 44.6 Å². The standard InChI is InChI=1S/C60H83N15O11/c1-72(54(81)41(61)22-12-26-66-59(62)63)48(30-37-17-6-3-7-18-37)56(83)73-28-14-25-46(73)52(79)68-33-50(77)69-43(29-36-15-4-2-5-16-36)51(78)71-44(35-76)55(82)74-34-40-21-9-8-19-38(40)31-49(74)57(84)75-45-24-11-10-20-39(45)32-47(75)53(80)70-42(58(85)86)23-13-27-67-60(64)65/h2-9,15-19,21,39,41-49,76H,10-14,20,22-35,61H2,1H3,(H,68,79)(H,69,77)(H,70,80)(H,71,78)(H,85,86)(H4,62,63,66)(H4,64,65,67)/t39-,41-,42-,43-,44-,45-,46-,47-,48+,49+/m0/s1. The zero-order valence-corrected chi connectivity index (χ0v) is 48.6. The molecule has 0 spiro atoms. The Hall–Kier alpha value is -8.65. The number of nitrogens with two attached hydrogens (primary N) is 5. The molecule has 0 radical (unpaired) electrons. The molecule has 26 heteroatoms. The van der Waals surface area contributed by atoms with Crippen molar-refractivity contribution >= 4 is 65.1 Å². The van der Waals surface area contributed by atoms with Crippen LogP contribution in [0.5, 0.6) is 0 Å². The third-order valence-electron chi connectivity index (χ3n) is 16.7. The summed E-state index contributed by atoms with van der Waals surface area (Å²) >= 11 is 0. The monoisotopic (exact) mass is 1190 g/mol. The second-order valence-electron chi connectivity index (χ2n) is 22.6. The molecule has 4 aliphatic rings. The lowest BCUT2D eigenvalue weighted by atomic mass is 9.84. The van der Waals surface area contributed by atoms with Crippen LogP contribution in [-0.2, 0) is 69.0 Å². The molecule has 1 aliphatic carbocycles. The van der Waals surface area contributed by atoms with Crippen LogP contribution in [0.1, 0.15) is 92.9 Å². The minimum atomic E-state index is -1.63. The molecule has 3 aromatic rings. The van der Waals surface area contributed by atoms with E-state index in [2.05, 4.69) is 31.3 Å². The minimum Gasteiger partial charge on any atom is -0.480 e. The van der Waals surface area contributed by atoms with Crippen LogP contribution in [0, 0.1) is 5.92 Å². The van der Waals surface area contributed by atoms with Crippen molar-refractivity contribution in [3.63, 3.8) is 0 Å². The fraction of sp³-hybridized carbons (Fsp3) is 0.517. The van der Waals surface area contributed by atoms with Gasteiger partial charge in [-0.05, 0) is 86.0 Å². The van der Waals surface area contributed by atoms with Crippen LogP contribution in [0.4, 0.5) is 0 Å². The number of aliphatic imine (C=N–C) groups is 2. The Labute approximate surface area is 500 Å². The molecule has 0 aromatic heterocycles. The Morgan fingerprint density at radius 2 is 1.28 bits per heavy atom. The summed E-state index contributed by atoms with van der Waals surface area (Å²) in [6, 6.07) is 15.1. The van der Waals surface area contributed by atoms with Gasteiger partial charge in [0.15, 0.2) is 11.9 Å². The second-order valence-corrected chi connectivity index (χ2v) is 22.6. The summed E-state index contributed by atoms with van der Waals surface area (Å²) in [7, 11) is 1.49. The van der Waals surface area contributed by atoms with Crippen molar-refractivity contribution in [1.82, 2.24) is 40.9 Å². The van der Waals surface area contributed by atoms with Crippen LogP contribution in [0.3, 0.4) is 0 Å². The van der Waals surface area contributed by atoms with E-state index in [4.69, 9.17) is 28.7 Å². The molecule has 10 atom stereocenters. The van der Waals surface area contributed by atoms with Gasteiger partial charge in [-0.3, -0.25) is 48.3 Å². The van der Waals surface area contributed by atoms with E-state index in [1.54, 1.807) is 42.5 Å². The minimum absolute atomic E-state index is 0.0145. The molecule has 3 aromatic carbocycles. The summed E-state index contributed by atoms with van der Waals surface area (Å²) in [5, 5.41) is 31.6. The average Bonchev–Trinajstić information content (AvgIpc) is 1.82.